The lowest BCUT2D eigenvalue weighted by molar-refractivity contribution is -0.133. The molecule has 0 bridgehead atoms. The Hall–Kier alpha value is -2.98. The van der Waals surface area contributed by atoms with Crippen molar-refractivity contribution in [1.82, 2.24) is 20.1 Å². The Morgan fingerprint density at radius 2 is 1.81 bits per heavy atom. The summed E-state index contributed by atoms with van der Waals surface area (Å²) in [6.45, 7) is 6.22. The molecule has 10 heteroatoms. The molecule has 0 atom stereocenters. The first-order valence-electron chi connectivity index (χ1n) is 10.6. The molecule has 0 aliphatic carbocycles. The third-order valence-electron chi connectivity index (χ3n) is 5.36. The van der Waals surface area contributed by atoms with Crippen molar-refractivity contribution in [3.8, 4) is 0 Å². The van der Waals surface area contributed by atoms with Crippen LogP contribution >= 0.6 is 0 Å². The third kappa shape index (κ3) is 6.50. The monoisotopic (exact) mass is 430 g/mol. The molecule has 1 aromatic heterocycles. The molecule has 3 rings (SSSR count). The van der Waals surface area contributed by atoms with Gasteiger partial charge in [-0.05, 0) is 48.3 Å². The molecular formula is C21H30N6O4. The van der Waals surface area contributed by atoms with Gasteiger partial charge in [-0.25, -0.2) is 4.63 Å². The number of unbranched alkanes of at least 4 members (excludes halogenated alkanes) is 2. The number of amides is 1. The molecule has 10 nitrogen and oxygen atoms in total. The normalized spacial score (nSPS) is 15.0. The van der Waals surface area contributed by atoms with E-state index in [1.54, 1.807) is 19.1 Å². The number of aromatic nitrogens is 2. The predicted octanol–water partition coefficient (Wildman–Crippen LogP) is 2.29. The minimum atomic E-state index is 0.0596. The van der Waals surface area contributed by atoms with E-state index < -0.39 is 0 Å². The number of carbonyl (C=O) groups is 2. The van der Waals surface area contributed by atoms with Gasteiger partial charge in [0.25, 0.3) is 0 Å². The standard InChI is InChI=1S/C21H30N6O4/c1-16(28)6-5-11-26-12-14-27(15-13-26)19(29)7-3-2-4-10-22-17-8-9-18(23-30)21-20(17)24-31-25-21/h5-6,8-9,22-23,30H,2-4,7,10-15H2,1H3/b6-5+. The highest BCUT2D eigenvalue weighted by Crippen LogP contribution is 2.26. The highest BCUT2D eigenvalue weighted by Gasteiger charge is 2.19. The summed E-state index contributed by atoms with van der Waals surface area (Å²) in [6.07, 6.45) is 6.78. The highest BCUT2D eigenvalue weighted by molar-refractivity contribution is 5.95. The lowest BCUT2D eigenvalue weighted by Crippen LogP contribution is -2.48. The topological polar surface area (TPSA) is 124 Å². The Morgan fingerprint density at radius 3 is 2.52 bits per heavy atom. The summed E-state index contributed by atoms with van der Waals surface area (Å²) in [6, 6.07) is 3.51. The number of anilines is 2. The first-order chi connectivity index (χ1) is 15.1. The number of nitrogens with one attached hydrogen (secondary N) is 2. The molecule has 1 aromatic carbocycles. The Kier molecular flexibility index (Phi) is 8.36. The average Bonchev–Trinajstić information content (AvgIpc) is 3.26. The van der Waals surface area contributed by atoms with Gasteiger partial charge >= 0.3 is 0 Å². The van der Waals surface area contributed by atoms with Crippen molar-refractivity contribution >= 4 is 34.1 Å². The second-order valence-electron chi connectivity index (χ2n) is 7.67. The van der Waals surface area contributed by atoms with Crippen LogP contribution in [0.5, 0.6) is 0 Å². The zero-order valence-corrected chi connectivity index (χ0v) is 17.8. The van der Waals surface area contributed by atoms with Gasteiger partial charge in [0.1, 0.15) is 0 Å². The maximum absolute atomic E-state index is 12.4. The summed E-state index contributed by atoms with van der Waals surface area (Å²) in [4.78, 5) is 27.6. The van der Waals surface area contributed by atoms with Crippen molar-refractivity contribution in [2.45, 2.75) is 32.6 Å². The number of ketones is 1. The number of benzene rings is 1. The lowest BCUT2D eigenvalue weighted by atomic mass is 10.1. The second kappa shape index (κ2) is 11.4. The maximum atomic E-state index is 12.4. The number of nitrogens with zero attached hydrogens (tertiary/aromatic N) is 4. The van der Waals surface area contributed by atoms with E-state index in [-0.39, 0.29) is 11.7 Å². The van der Waals surface area contributed by atoms with Crippen LogP contribution in [0, 0.1) is 0 Å². The smallest absolute Gasteiger partial charge is 0.222 e. The van der Waals surface area contributed by atoms with Crippen molar-refractivity contribution in [2.24, 2.45) is 0 Å². The fraction of sp³-hybridized carbons (Fsp3) is 0.524. The van der Waals surface area contributed by atoms with Crippen molar-refractivity contribution in [1.29, 1.82) is 0 Å². The Labute approximate surface area is 181 Å². The van der Waals surface area contributed by atoms with Crippen LogP contribution in [0.1, 0.15) is 32.6 Å². The van der Waals surface area contributed by atoms with E-state index in [4.69, 9.17) is 9.84 Å². The number of fused-ring (bicyclic) bond motifs is 1. The quantitative estimate of drug-likeness (QED) is 0.280. The van der Waals surface area contributed by atoms with Gasteiger partial charge in [0, 0.05) is 45.7 Å². The van der Waals surface area contributed by atoms with E-state index >= 15 is 0 Å². The van der Waals surface area contributed by atoms with Gasteiger partial charge in [-0.3, -0.25) is 25.2 Å². The molecule has 0 spiro atoms. The molecule has 0 radical (unpaired) electrons. The number of allylic oxidation sites excluding steroid dienone is 1. The van der Waals surface area contributed by atoms with Crippen molar-refractivity contribution < 1.29 is 19.4 Å². The van der Waals surface area contributed by atoms with Gasteiger partial charge in [-0.1, -0.05) is 12.5 Å². The van der Waals surface area contributed by atoms with Crippen LogP contribution in [0.3, 0.4) is 0 Å². The molecule has 0 unspecified atom stereocenters. The minimum Gasteiger partial charge on any atom is -0.383 e. The van der Waals surface area contributed by atoms with Gasteiger partial charge in [-0.2, -0.15) is 0 Å². The predicted molar refractivity (Wildman–Crippen MR) is 117 cm³/mol. The Morgan fingerprint density at radius 1 is 1.10 bits per heavy atom. The molecule has 1 aliphatic heterocycles. The number of carbonyl (C=O) groups excluding carboxylic acids is 2. The summed E-state index contributed by atoms with van der Waals surface area (Å²) in [5.41, 5.74) is 4.33. The minimum absolute atomic E-state index is 0.0596. The van der Waals surface area contributed by atoms with Crippen LogP contribution in [-0.2, 0) is 9.59 Å². The van der Waals surface area contributed by atoms with Gasteiger partial charge in [-0.15, -0.1) is 0 Å². The summed E-state index contributed by atoms with van der Waals surface area (Å²) in [7, 11) is 0. The fourth-order valence-corrected chi connectivity index (χ4v) is 3.61. The van der Waals surface area contributed by atoms with E-state index in [0.29, 0.717) is 23.1 Å². The molecule has 1 saturated heterocycles. The van der Waals surface area contributed by atoms with Gasteiger partial charge < -0.3 is 10.2 Å². The molecule has 31 heavy (non-hydrogen) atoms. The molecule has 2 heterocycles. The lowest BCUT2D eigenvalue weighted by Gasteiger charge is -2.34. The summed E-state index contributed by atoms with van der Waals surface area (Å²) in [5, 5.41) is 20.1. The maximum Gasteiger partial charge on any atom is 0.222 e. The van der Waals surface area contributed by atoms with Crippen molar-refractivity contribution in [3.05, 3.63) is 24.3 Å². The number of hydrogen-bond donors (Lipinski definition) is 3. The number of hydrogen-bond acceptors (Lipinski definition) is 9. The van der Waals surface area contributed by atoms with Gasteiger partial charge in [0.15, 0.2) is 16.8 Å². The average molecular weight is 431 g/mol. The molecule has 0 saturated carbocycles. The van der Waals surface area contributed by atoms with E-state index in [1.807, 2.05) is 17.0 Å². The number of piperazine rings is 1. The molecule has 3 N–H and O–H groups in total. The molecule has 168 valence electrons. The van der Waals surface area contributed by atoms with E-state index in [9.17, 15) is 9.59 Å². The van der Waals surface area contributed by atoms with Crippen molar-refractivity contribution in [3.63, 3.8) is 0 Å². The van der Waals surface area contributed by atoms with Crippen LogP contribution in [0.15, 0.2) is 28.9 Å². The van der Waals surface area contributed by atoms with Crippen LogP contribution in [0.2, 0.25) is 0 Å². The van der Waals surface area contributed by atoms with Crippen LogP contribution in [0.25, 0.3) is 11.0 Å². The Bertz CT molecular complexity index is 904. The molecule has 2 aromatic rings. The SMILES string of the molecule is CC(=O)/C=C/CN1CCN(C(=O)CCCCCNc2ccc(NO)c3nonc23)CC1. The first-order valence-corrected chi connectivity index (χ1v) is 10.6. The number of rotatable bonds is 11. The van der Waals surface area contributed by atoms with Crippen LogP contribution in [0.4, 0.5) is 11.4 Å². The zero-order chi connectivity index (χ0) is 22.1. The third-order valence-corrected chi connectivity index (χ3v) is 5.36. The van der Waals surface area contributed by atoms with Crippen LogP contribution in [-0.4, -0.2) is 76.3 Å². The largest absolute Gasteiger partial charge is 0.383 e. The van der Waals surface area contributed by atoms with Crippen LogP contribution < -0.4 is 10.8 Å². The van der Waals surface area contributed by atoms with Gasteiger partial charge in [0.05, 0.1) is 11.4 Å². The van der Waals surface area contributed by atoms with E-state index in [1.165, 1.54) is 0 Å². The summed E-state index contributed by atoms with van der Waals surface area (Å²) in [5.74, 6) is 0.277. The molecule has 1 aliphatic rings. The second-order valence-corrected chi connectivity index (χ2v) is 7.67. The van der Waals surface area contributed by atoms with Crippen molar-refractivity contribution in [2.75, 3.05) is 50.1 Å². The summed E-state index contributed by atoms with van der Waals surface area (Å²) < 4.78 is 4.76. The first kappa shape index (κ1) is 22.7. The summed E-state index contributed by atoms with van der Waals surface area (Å²) >= 11 is 0. The Balaban J connectivity index is 1.30. The molecule has 1 fully saturated rings. The zero-order valence-electron chi connectivity index (χ0n) is 17.8. The van der Waals surface area contributed by atoms with E-state index in [0.717, 1.165) is 64.2 Å². The van der Waals surface area contributed by atoms with Gasteiger partial charge in [0.2, 0.25) is 5.91 Å². The fourth-order valence-electron chi connectivity index (χ4n) is 3.61. The molecule has 1 amide bonds. The molecular weight excluding hydrogens is 400 g/mol. The van der Waals surface area contributed by atoms with E-state index in [2.05, 4.69) is 26.0 Å². The highest BCUT2D eigenvalue weighted by atomic mass is 16.6.